The molecule has 28 heavy (non-hydrogen) atoms. The van der Waals surface area contributed by atoms with E-state index in [9.17, 15) is 4.39 Å². The highest BCUT2D eigenvalue weighted by Crippen LogP contribution is 2.23. The van der Waals surface area contributed by atoms with Gasteiger partial charge in [0.2, 0.25) is 0 Å². The number of benzene rings is 2. The van der Waals surface area contributed by atoms with E-state index in [1.54, 1.807) is 12.1 Å². The molecule has 0 saturated carbocycles. The van der Waals surface area contributed by atoms with Crippen molar-refractivity contribution in [1.29, 1.82) is 0 Å². The summed E-state index contributed by atoms with van der Waals surface area (Å²) in [5, 5.41) is 10.8. The van der Waals surface area contributed by atoms with Crippen LogP contribution in [0.3, 0.4) is 0 Å². The molecule has 1 unspecified atom stereocenters. The van der Waals surface area contributed by atoms with Gasteiger partial charge in [0, 0.05) is 43.3 Å². The molecule has 1 aliphatic rings. The van der Waals surface area contributed by atoms with Crippen molar-refractivity contribution in [2.24, 2.45) is 0 Å². The van der Waals surface area contributed by atoms with Crippen molar-refractivity contribution in [3.05, 3.63) is 77.7 Å². The fourth-order valence-corrected chi connectivity index (χ4v) is 3.68. The zero-order chi connectivity index (χ0) is 19.2. The summed E-state index contributed by atoms with van der Waals surface area (Å²) in [7, 11) is 0. The van der Waals surface area contributed by atoms with Crippen molar-refractivity contribution in [1.82, 2.24) is 20.4 Å². The molecule has 5 nitrogen and oxygen atoms in total. The van der Waals surface area contributed by atoms with E-state index in [1.165, 1.54) is 17.7 Å². The van der Waals surface area contributed by atoms with Crippen molar-refractivity contribution < 1.29 is 9.13 Å². The number of halogens is 1. The van der Waals surface area contributed by atoms with Crippen LogP contribution in [0.15, 0.2) is 60.8 Å². The number of nitrogens with one attached hydrogen (secondary N) is 2. The normalized spacial score (nSPS) is 16.2. The lowest BCUT2D eigenvalue weighted by atomic mass is 10.0. The second kappa shape index (κ2) is 9.10. The van der Waals surface area contributed by atoms with Crippen LogP contribution >= 0.6 is 0 Å². The minimum atomic E-state index is -0.237. The molecule has 2 N–H and O–H groups in total. The van der Waals surface area contributed by atoms with Crippen LogP contribution in [0.1, 0.15) is 17.2 Å². The van der Waals surface area contributed by atoms with Gasteiger partial charge in [0.1, 0.15) is 5.82 Å². The Bertz CT molecular complexity index is 860. The van der Waals surface area contributed by atoms with Crippen LogP contribution in [0.4, 0.5) is 4.39 Å². The van der Waals surface area contributed by atoms with Crippen molar-refractivity contribution in [2.45, 2.75) is 12.6 Å². The zero-order valence-corrected chi connectivity index (χ0v) is 15.8. The molecule has 2 aromatic carbocycles. The van der Waals surface area contributed by atoms with E-state index in [0.29, 0.717) is 12.6 Å². The van der Waals surface area contributed by atoms with Crippen LogP contribution in [0.25, 0.3) is 11.3 Å². The summed E-state index contributed by atoms with van der Waals surface area (Å²) < 4.78 is 18.7. The molecule has 4 rings (SSSR count). The summed E-state index contributed by atoms with van der Waals surface area (Å²) >= 11 is 0. The second-order valence-electron chi connectivity index (χ2n) is 6.98. The fraction of sp³-hybridized carbons (Fsp3) is 0.318. The van der Waals surface area contributed by atoms with Crippen LogP contribution < -0.4 is 5.32 Å². The Kier molecular flexibility index (Phi) is 6.11. The van der Waals surface area contributed by atoms with E-state index in [4.69, 9.17) is 4.74 Å². The molecule has 0 bridgehead atoms. The quantitative estimate of drug-likeness (QED) is 0.660. The Morgan fingerprint density at radius 3 is 2.57 bits per heavy atom. The lowest BCUT2D eigenvalue weighted by Gasteiger charge is -2.35. The predicted molar refractivity (Wildman–Crippen MR) is 107 cm³/mol. The highest BCUT2D eigenvalue weighted by molar-refractivity contribution is 5.62. The number of hydrogen-bond acceptors (Lipinski definition) is 4. The van der Waals surface area contributed by atoms with Gasteiger partial charge < -0.3 is 10.1 Å². The van der Waals surface area contributed by atoms with E-state index < -0.39 is 0 Å². The molecule has 2 heterocycles. The van der Waals surface area contributed by atoms with E-state index in [0.717, 1.165) is 49.7 Å². The summed E-state index contributed by atoms with van der Waals surface area (Å²) in [6, 6.07) is 17.4. The second-order valence-corrected chi connectivity index (χ2v) is 6.98. The number of aromatic nitrogens is 2. The van der Waals surface area contributed by atoms with Crippen molar-refractivity contribution >= 4 is 0 Å². The van der Waals surface area contributed by atoms with Gasteiger partial charge in [0.05, 0.1) is 25.1 Å². The number of hydrogen-bond donors (Lipinski definition) is 2. The number of morpholine rings is 1. The zero-order valence-electron chi connectivity index (χ0n) is 15.8. The SMILES string of the molecule is Fc1ccc(-c2[nH]ncc2CNCC(c2ccccc2)N2CCOCC2)cc1. The summed E-state index contributed by atoms with van der Waals surface area (Å²) in [6.07, 6.45) is 1.83. The first-order chi connectivity index (χ1) is 13.8. The van der Waals surface area contributed by atoms with Crippen LogP contribution in [0, 0.1) is 5.82 Å². The lowest BCUT2D eigenvalue weighted by Crippen LogP contribution is -2.42. The standard InChI is InChI=1S/C22H25FN4O/c23-20-8-6-18(7-9-20)22-19(15-25-26-22)14-24-16-21(17-4-2-1-3-5-17)27-10-12-28-13-11-27/h1-9,15,21,24H,10-14,16H2,(H,25,26). The summed E-state index contributed by atoms with van der Waals surface area (Å²) in [5.41, 5.74) is 4.24. The average molecular weight is 380 g/mol. The smallest absolute Gasteiger partial charge is 0.123 e. The third-order valence-corrected chi connectivity index (χ3v) is 5.17. The Morgan fingerprint density at radius 1 is 1.07 bits per heavy atom. The minimum absolute atomic E-state index is 0.237. The molecule has 0 amide bonds. The third-order valence-electron chi connectivity index (χ3n) is 5.17. The van der Waals surface area contributed by atoms with Gasteiger partial charge >= 0.3 is 0 Å². The molecule has 3 aromatic rings. The number of nitrogens with zero attached hydrogens (tertiary/aromatic N) is 2. The Morgan fingerprint density at radius 2 is 1.82 bits per heavy atom. The number of rotatable bonds is 7. The van der Waals surface area contributed by atoms with Crippen molar-refractivity contribution in [3.8, 4) is 11.3 Å². The number of H-pyrrole nitrogens is 1. The molecule has 1 aromatic heterocycles. The first kappa shape index (κ1) is 18.8. The number of ether oxygens (including phenoxy) is 1. The molecular formula is C22H25FN4O. The van der Waals surface area contributed by atoms with Crippen molar-refractivity contribution in [3.63, 3.8) is 0 Å². The monoisotopic (exact) mass is 380 g/mol. The number of aromatic amines is 1. The van der Waals surface area contributed by atoms with Crippen LogP contribution in [0.2, 0.25) is 0 Å². The minimum Gasteiger partial charge on any atom is -0.379 e. The van der Waals surface area contributed by atoms with E-state index >= 15 is 0 Å². The summed E-state index contributed by atoms with van der Waals surface area (Å²) in [5.74, 6) is -0.237. The van der Waals surface area contributed by atoms with Gasteiger partial charge in [-0.3, -0.25) is 10.00 Å². The first-order valence-electron chi connectivity index (χ1n) is 9.67. The highest BCUT2D eigenvalue weighted by atomic mass is 19.1. The van der Waals surface area contributed by atoms with Gasteiger partial charge in [0.15, 0.2) is 0 Å². The molecular weight excluding hydrogens is 355 g/mol. The van der Waals surface area contributed by atoms with Crippen LogP contribution in [-0.2, 0) is 11.3 Å². The van der Waals surface area contributed by atoms with E-state index in [-0.39, 0.29) is 5.82 Å². The Balaban J connectivity index is 1.44. The highest BCUT2D eigenvalue weighted by Gasteiger charge is 2.22. The molecule has 1 atom stereocenters. The Hall–Kier alpha value is -2.54. The molecule has 0 spiro atoms. The maximum absolute atomic E-state index is 13.2. The maximum atomic E-state index is 13.2. The van der Waals surface area contributed by atoms with Gasteiger partial charge in [-0.2, -0.15) is 5.10 Å². The molecule has 1 saturated heterocycles. The topological polar surface area (TPSA) is 53.2 Å². The van der Waals surface area contributed by atoms with Crippen LogP contribution in [0.5, 0.6) is 0 Å². The molecule has 6 heteroatoms. The van der Waals surface area contributed by atoms with E-state index in [2.05, 4.69) is 44.7 Å². The largest absolute Gasteiger partial charge is 0.379 e. The molecule has 1 fully saturated rings. The summed E-state index contributed by atoms with van der Waals surface area (Å²) in [4.78, 5) is 2.47. The molecule has 146 valence electrons. The van der Waals surface area contributed by atoms with Crippen molar-refractivity contribution in [2.75, 3.05) is 32.8 Å². The summed E-state index contributed by atoms with van der Waals surface area (Å²) in [6.45, 7) is 4.95. The Labute approximate surface area is 164 Å². The van der Waals surface area contributed by atoms with Gasteiger partial charge in [-0.05, 0) is 29.8 Å². The van der Waals surface area contributed by atoms with Gasteiger partial charge in [-0.1, -0.05) is 30.3 Å². The van der Waals surface area contributed by atoms with Gasteiger partial charge in [-0.15, -0.1) is 0 Å². The first-order valence-corrected chi connectivity index (χ1v) is 9.67. The average Bonchev–Trinajstić information content (AvgIpc) is 3.21. The third kappa shape index (κ3) is 4.47. The van der Waals surface area contributed by atoms with E-state index in [1.807, 2.05) is 12.3 Å². The maximum Gasteiger partial charge on any atom is 0.123 e. The molecule has 0 radical (unpaired) electrons. The molecule has 0 aliphatic carbocycles. The van der Waals surface area contributed by atoms with Gasteiger partial charge in [-0.25, -0.2) is 4.39 Å². The predicted octanol–water partition coefficient (Wildman–Crippen LogP) is 3.38. The van der Waals surface area contributed by atoms with Gasteiger partial charge in [0.25, 0.3) is 0 Å². The molecule has 1 aliphatic heterocycles. The lowest BCUT2D eigenvalue weighted by molar-refractivity contribution is 0.0161. The van der Waals surface area contributed by atoms with Crippen LogP contribution in [-0.4, -0.2) is 47.9 Å². The fourth-order valence-electron chi connectivity index (χ4n) is 3.68.